The lowest BCUT2D eigenvalue weighted by molar-refractivity contribution is -0.194. The second-order valence-corrected chi connectivity index (χ2v) is 2.89. The van der Waals surface area contributed by atoms with Gasteiger partial charge in [0.1, 0.15) is 18.8 Å². The lowest BCUT2D eigenvalue weighted by Gasteiger charge is -2.34. The van der Waals surface area contributed by atoms with Crippen molar-refractivity contribution in [3.63, 3.8) is 0 Å². The van der Waals surface area contributed by atoms with E-state index >= 15 is 0 Å². The van der Waals surface area contributed by atoms with Crippen LogP contribution in [0.1, 0.15) is 6.92 Å². The summed E-state index contributed by atoms with van der Waals surface area (Å²) in [4.78, 5) is 10.8. The Balaban J connectivity index is 2.19. The van der Waals surface area contributed by atoms with Gasteiger partial charge in [-0.3, -0.25) is 4.79 Å². The molecular weight excluding hydrogens is 148 g/mol. The third-order valence-electron chi connectivity index (χ3n) is 1.64. The molecule has 1 aliphatic heterocycles. The molecule has 0 aliphatic carbocycles. The van der Waals surface area contributed by atoms with Gasteiger partial charge in [0.05, 0.1) is 6.61 Å². The molecular formula is C7H12O4. The molecule has 0 spiro atoms. The topological polar surface area (TPSA) is 44.8 Å². The maximum absolute atomic E-state index is 10.8. The number of rotatable bonds is 4. The molecule has 1 saturated heterocycles. The molecule has 1 unspecified atom stereocenters. The van der Waals surface area contributed by atoms with Gasteiger partial charge in [-0.1, -0.05) is 0 Å². The van der Waals surface area contributed by atoms with Crippen molar-refractivity contribution in [2.24, 2.45) is 5.41 Å². The minimum atomic E-state index is -0.432. The second-order valence-electron chi connectivity index (χ2n) is 2.89. The second kappa shape index (κ2) is 3.19. The maximum Gasteiger partial charge on any atom is 0.317 e. The molecule has 0 radical (unpaired) electrons. The van der Waals surface area contributed by atoms with Crippen molar-refractivity contribution in [1.82, 2.24) is 0 Å². The molecule has 1 fully saturated rings. The molecule has 1 aliphatic rings. The quantitative estimate of drug-likeness (QED) is 0.334. The van der Waals surface area contributed by atoms with Crippen LogP contribution in [-0.2, 0) is 19.0 Å². The molecule has 0 bridgehead atoms. The SMILES string of the molecule is COCOCC1(C)COC1=O. The number of esters is 1. The summed E-state index contributed by atoms with van der Waals surface area (Å²) in [6.45, 7) is 2.87. The fraction of sp³-hybridized carbons (Fsp3) is 0.857. The van der Waals surface area contributed by atoms with Gasteiger partial charge in [-0.05, 0) is 6.92 Å². The van der Waals surface area contributed by atoms with E-state index in [-0.39, 0.29) is 12.8 Å². The summed E-state index contributed by atoms with van der Waals surface area (Å²) >= 11 is 0. The fourth-order valence-corrected chi connectivity index (χ4v) is 0.828. The molecule has 1 heterocycles. The van der Waals surface area contributed by atoms with Crippen molar-refractivity contribution in [1.29, 1.82) is 0 Å². The predicted octanol–water partition coefficient (Wildman–Crippen LogP) is 0.170. The van der Waals surface area contributed by atoms with Gasteiger partial charge in [-0.2, -0.15) is 0 Å². The van der Waals surface area contributed by atoms with Crippen LogP contribution in [0.15, 0.2) is 0 Å². The largest absolute Gasteiger partial charge is 0.464 e. The van der Waals surface area contributed by atoms with Gasteiger partial charge < -0.3 is 14.2 Å². The molecule has 1 rings (SSSR count). The Morgan fingerprint density at radius 1 is 1.73 bits per heavy atom. The Hall–Kier alpha value is -0.610. The molecule has 0 aromatic heterocycles. The number of hydrogen-bond donors (Lipinski definition) is 0. The molecule has 64 valence electrons. The lowest BCUT2D eigenvalue weighted by Crippen LogP contribution is -2.49. The molecule has 0 aromatic rings. The normalized spacial score (nSPS) is 29.5. The Labute approximate surface area is 65.4 Å². The molecule has 1 atom stereocenters. The number of carbonyl (C=O) groups is 1. The van der Waals surface area contributed by atoms with Crippen LogP contribution in [0.2, 0.25) is 0 Å². The molecule has 0 amide bonds. The molecule has 11 heavy (non-hydrogen) atoms. The van der Waals surface area contributed by atoms with Crippen molar-refractivity contribution in [3.8, 4) is 0 Å². The highest BCUT2D eigenvalue weighted by molar-refractivity contribution is 5.81. The number of cyclic esters (lactones) is 1. The standard InChI is InChI=1S/C7H12O4/c1-7(3-10-5-9-2)4-11-6(7)8/h3-5H2,1-2H3. The monoisotopic (exact) mass is 160 g/mol. The smallest absolute Gasteiger partial charge is 0.317 e. The van der Waals surface area contributed by atoms with Crippen LogP contribution in [0.3, 0.4) is 0 Å². The van der Waals surface area contributed by atoms with Crippen LogP contribution < -0.4 is 0 Å². The van der Waals surface area contributed by atoms with E-state index in [1.807, 2.05) is 6.92 Å². The summed E-state index contributed by atoms with van der Waals surface area (Å²) in [6, 6.07) is 0. The fourth-order valence-electron chi connectivity index (χ4n) is 0.828. The highest BCUT2D eigenvalue weighted by Crippen LogP contribution is 2.28. The van der Waals surface area contributed by atoms with E-state index in [2.05, 4.69) is 9.47 Å². The van der Waals surface area contributed by atoms with Crippen molar-refractivity contribution in [2.45, 2.75) is 6.92 Å². The van der Waals surface area contributed by atoms with Crippen LogP contribution >= 0.6 is 0 Å². The summed E-state index contributed by atoms with van der Waals surface area (Å²) < 4.78 is 14.3. The van der Waals surface area contributed by atoms with Crippen molar-refractivity contribution < 1.29 is 19.0 Å². The maximum atomic E-state index is 10.8. The molecule has 0 saturated carbocycles. The summed E-state index contributed by atoms with van der Waals surface area (Å²) in [5, 5.41) is 0. The first-order valence-corrected chi connectivity index (χ1v) is 3.43. The lowest BCUT2D eigenvalue weighted by atomic mass is 9.89. The number of hydrogen-bond acceptors (Lipinski definition) is 4. The van der Waals surface area contributed by atoms with Crippen LogP contribution in [0.4, 0.5) is 0 Å². The Morgan fingerprint density at radius 3 is 2.82 bits per heavy atom. The summed E-state index contributed by atoms with van der Waals surface area (Å²) in [5.74, 6) is -0.186. The van der Waals surface area contributed by atoms with E-state index < -0.39 is 5.41 Å². The van der Waals surface area contributed by atoms with E-state index in [0.717, 1.165) is 0 Å². The van der Waals surface area contributed by atoms with E-state index in [9.17, 15) is 4.79 Å². The number of methoxy groups -OCH3 is 1. The van der Waals surface area contributed by atoms with Crippen molar-refractivity contribution in [2.75, 3.05) is 27.1 Å². The summed E-state index contributed by atoms with van der Waals surface area (Å²) in [7, 11) is 1.54. The van der Waals surface area contributed by atoms with Gasteiger partial charge in [0.15, 0.2) is 0 Å². The Bertz CT molecular complexity index is 157. The van der Waals surface area contributed by atoms with E-state index in [1.54, 1.807) is 7.11 Å². The van der Waals surface area contributed by atoms with Gasteiger partial charge in [-0.25, -0.2) is 0 Å². The highest BCUT2D eigenvalue weighted by atomic mass is 16.7. The minimum absolute atomic E-state index is 0.186. The van der Waals surface area contributed by atoms with Crippen molar-refractivity contribution >= 4 is 5.97 Å². The van der Waals surface area contributed by atoms with Crippen LogP contribution in [-0.4, -0.2) is 33.1 Å². The Morgan fingerprint density at radius 2 is 2.45 bits per heavy atom. The Kier molecular flexibility index (Phi) is 2.46. The third kappa shape index (κ3) is 1.70. The van der Waals surface area contributed by atoms with Gasteiger partial charge in [0.2, 0.25) is 0 Å². The van der Waals surface area contributed by atoms with Gasteiger partial charge in [-0.15, -0.1) is 0 Å². The highest BCUT2D eigenvalue weighted by Gasteiger charge is 2.45. The summed E-state index contributed by atoms with van der Waals surface area (Å²) in [6.07, 6.45) is 0. The van der Waals surface area contributed by atoms with Crippen LogP contribution in [0.25, 0.3) is 0 Å². The van der Waals surface area contributed by atoms with Crippen LogP contribution in [0.5, 0.6) is 0 Å². The van der Waals surface area contributed by atoms with E-state index in [0.29, 0.717) is 13.2 Å². The first-order valence-electron chi connectivity index (χ1n) is 3.43. The predicted molar refractivity (Wildman–Crippen MR) is 36.9 cm³/mol. The zero-order valence-electron chi connectivity index (χ0n) is 6.75. The van der Waals surface area contributed by atoms with E-state index in [4.69, 9.17) is 4.74 Å². The average molecular weight is 160 g/mol. The van der Waals surface area contributed by atoms with Gasteiger partial charge in [0, 0.05) is 7.11 Å². The van der Waals surface area contributed by atoms with Crippen molar-refractivity contribution in [3.05, 3.63) is 0 Å². The van der Waals surface area contributed by atoms with Crippen LogP contribution in [0, 0.1) is 5.41 Å². The molecule has 4 heteroatoms. The number of carbonyl (C=O) groups excluding carboxylic acids is 1. The molecule has 4 nitrogen and oxygen atoms in total. The first kappa shape index (κ1) is 8.49. The minimum Gasteiger partial charge on any atom is -0.464 e. The zero-order valence-corrected chi connectivity index (χ0v) is 6.75. The zero-order chi connectivity index (χ0) is 8.32. The first-order chi connectivity index (χ1) is 5.19. The van der Waals surface area contributed by atoms with E-state index in [1.165, 1.54) is 0 Å². The van der Waals surface area contributed by atoms with Gasteiger partial charge in [0.25, 0.3) is 0 Å². The molecule has 0 N–H and O–H groups in total. The average Bonchev–Trinajstić information content (AvgIpc) is 2.02. The van der Waals surface area contributed by atoms with Gasteiger partial charge >= 0.3 is 5.97 Å². The third-order valence-corrected chi connectivity index (χ3v) is 1.64. The molecule has 0 aromatic carbocycles. The summed E-state index contributed by atoms with van der Waals surface area (Å²) in [5.41, 5.74) is -0.432. The number of ether oxygens (including phenoxy) is 3.